The second-order valence-electron chi connectivity index (χ2n) is 13.6. The fraction of sp³-hybridized carbons (Fsp3) is 0.400. The van der Waals surface area contributed by atoms with Crippen molar-refractivity contribution in [3.8, 4) is 34.6 Å². The van der Waals surface area contributed by atoms with E-state index in [1.54, 1.807) is 4.68 Å². The van der Waals surface area contributed by atoms with Gasteiger partial charge in [0.05, 0.1) is 43.3 Å². The zero-order valence-electron chi connectivity index (χ0n) is 32.1. The first-order valence-corrected chi connectivity index (χ1v) is 21.4. The van der Waals surface area contributed by atoms with E-state index in [-0.39, 0.29) is 62.2 Å². The van der Waals surface area contributed by atoms with E-state index in [9.17, 15) is 19.2 Å². The van der Waals surface area contributed by atoms with Crippen LogP contribution in [0.3, 0.4) is 0 Å². The summed E-state index contributed by atoms with van der Waals surface area (Å²) >= 11 is 3.29. The quantitative estimate of drug-likeness (QED) is 0.0205. The Balaban J connectivity index is 0.783. The SMILES string of the molecule is O=C(CSc1ccccc1)Nc1ccc(-n2nc(OCCCCOCCONC(=O)OC(=O)CCCC[C@@H]3SCC4NC(=O)NC43)nc2-c2ccc3c(c2)OCO3)cc1. The number of nitrogens with one attached hydrogen (secondary N) is 4. The number of nitrogens with zero attached hydrogens (tertiary/aromatic N) is 3. The maximum absolute atomic E-state index is 12.6. The zero-order valence-corrected chi connectivity index (χ0v) is 33.7. The van der Waals surface area contributed by atoms with Crippen molar-refractivity contribution in [2.24, 2.45) is 0 Å². The zero-order chi connectivity index (χ0) is 40.8. The van der Waals surface area contributed by atoms with E-state index in [4.69, 9.17) is 28.5 Å². The largest absolute Gasteiger partial charge is 0.462 e. The van der Waals surface area contributed by atoms with Crippen LogP contribution in [0.25, 0.3) is 17.1 Å². The third-order valence-electron chi connectivity index (χ3n) is 9.39. The summed E-state index contributed by atoms with van der Waals surface area (Å²) in [6, 6.07) is 23.0. The Morgan fingerprint density at radius 3 is 2.61 bits per heavy atom. The maximum Gasteiger partial charge on any atom is 0.439 e. The first-order chi connectivity index (χ1) is 28.9. The fourth-order valence-corrected chi connectivity index (χ4v) is 8.78. The monoisotopic (exact) mass is 847 g/mol. The number of rotatable bonds is 21. The number of fused-ring (bicyclic) bond motifs is 2. The lowest BCUT2D eigenvalue weighted by Crippen LogP contribution is -2.36. The van der Waals surface area contributed by atoms with E-state index >= 15 is 0 Å². The van der Waals surface area contributed by atoms with Crippen molar-refractivity contribution in [3.05, 3.63) is 72.8 Å². The van der Waals surface area contributed by atoms with Crippen LogP contribution in [0.4, 0.5) is 15.3 Å². The Labute approximate surface area is 348 Å². The molecule has 3 aromatic carbocycles. The Kier molecular flexibility index (Phi) is 14.8. The lowest BCUT2D eigenvalue weighted by atomic mass is 10.0. The van der Waals surface area contributed by atoms with Gasteiger partial charge < -0.3 is 39.6 Å². The molecule has 2 saturated heterocycles. The summed E-state index contributed by atoms with van der Waals surface area (Å²) < 4.78 is 29.0. The molecule has 1 aromatic heterocycles. The molecule has 0 saturated carbocycles. The number of hydrogen-bond donors (Lipinski definition) is 4. The number of ether oxygens (including phenoxy) is 5. The molecule has 7 rings (SSSR count). The first kappa shape index (κ1) is 41.7. The minimum absolute atomic E-state index is 0.0665. The maximum atomic E-state index is 12.6. The number of anilines is 1. The number of carbonyl (C=O) groups is 4. The Morgan fingerprint density at radius 2 is 1.75 bits per heavy atom. The van der Waals surface area contributed by atoms with Crippen LogP contribution in [0.5, 0.6) is 17.5 Å². The molecule has 19 heteroatoms. The predicted molar refractivity (Wildman–Crippen MR) is 219 cm³/mol. The lowest BCUT2D eigenvalue weighted by Gasteiger charge is -2.16. The third kappa shape index (κ3) is 12.0. The molecule has 0 radical (unpaired) electrons. The topological polar surface area (TPSA) is 202 Å². The second-order valence-corrected chi connectivity index (χ2v) is 16.0. The van der Waals surface area contributed by atoms with Gasteiger partial charge in [-0.05, 0) is 80.3 Å². The number of thioether (sulfide) groups is 2. The van der Waals surface area contributed by atoms with Crippen molar-refractivity contribution < 1.29 is 47.7 Å². The number of hydroxylamine groups is 1. The summed E-state index contributed by atoms with van der Waals surface area (Å²) in [4.78, 5) is 58.8. The van der Waals surface area contributed by atoms with E-state index in [0.717, 1.165) is 29.1 Å². The van der Waals surface area contributed by atoms with Crippen LogP contribution in [0.2, 0.25) is 0 Å². The van der Waals surface area contributed by atoms with E-state index in [1.807, 2.05) is 84.6 Å². The number of benzene rings is 3. The molecule has 4 amide bonds. The molecule has 3 aliphatic rings. The first-order valence-electron chi connectivity index (χ1n) is 19.3. The molecule has 0 spiro atoms. The van der Waals surface area contributed by atoms with Gasteiger partial charge in [-0.3, -0.25) is 14.4 Å². The molecule has 4 aromatic rings. The summed E-state index contributed by atoms with van der Waals surface area (Å²) in [6.07, 6.45) is 2.71. The molecule has 2 fully saturated rings. The summed E-state index contributed by atoms with van der Waals surface area (Å²) in [5, 5.41) is 13.8. The summed E-state index contributed by atoms with van der Waals surface area (Å²) in [5.74, 6) is 2.22. The van der Waals surface area contributed by atoms with Crippen LogP contribution in [-0.2, 0) is 23.9 Å². The van der Waals surface area contributed by atoms with Crippen LogP contribution in [0.15, 0.2) is 77.7 Å². The van der Waals surface area contributed by atoms with Gasteiger partial charge in [0.15, 0.2) is 17.3 Å². The fourth-order valence-electron chi connectivity index (χ4n) is 6.52. The van der Waals surface area contributed by atoms with Gasteiger partial charge in [-0.15, -0.1) is 16.9 Å². The molecule has 0 bridgehead atoms. The van der Waals surface area contributed by atoms with Crippen LogP contribution in [0, 0.1) is 0 Å². The highest BCUT2D eigenvalue weighted by atomic mass is 32.2. The van der Waals surface area contributed by atoms with Crippen molar-refractivity contribution in [2.75, 3.05) is 50.0 Å². The van der Waals surface area contributed by atoms with Gasteiger partial charge in [-0.2, -0.15) is 22.2 Å². The molecule has 0 aliphatic carbocycles. The van der Waals surface area contributed by atoms with Gasteiger partial charge in [0.25, 0.3) is 0 Å². The highest BCUT2D eigenvalue weighted by molar-refractivity contribution is 8.00. The van der Waals surface area contributed by atoms with Crippen LogP contribution in [-0.4, -0.2) is 101 Å². The molecule has 3 aliphatic heterocycles. The minimum Gasteiger partial charge on any atom is -0.462 e. The van der Waals surface area contributed by atoms with Crippen LogP contribution >= 0.6 is 23.5 Å². The van der Waals surface area contributed by atoms with Crippen LogP contribution < -0.4 is 35.6 Å². The molecular weight excluding hydrogens is 803 g/mol. The average molecular weight is 848 g/mol. The van der Waals surface area contributed by atoms with Gasteiger partial charge in [-0.25, -0.2) is 14.3 Å². The average Bonchev–Trinajstić information content (AvgIpc) is 4.05. The van der Waals surface area contributed by atoms with E-state index < -0.39 is 12.1 Å². The van der Waals surface area contributed by atoms with Crippen molar-refractivity contribution in [1.82, 2.24) is 30.9 Å². The normalized spacial score (nSPS) is 17.5. The number of hydrogen-bond acceptors (Lipinski definition) is 14. The third-order valence-corrected chi connectivity index (χ3v) is 11.9. The summed E-state index contributed by atoms with van der Waals surface area (Å²) in [5.41, 5.74) is 4.21. The van der Waals surface area contributed by atoms with E-state index in [0.29, 0.717) is 66.4 Å². The Hall–Kier alpha value is -5.50. The Morgan fingerprint density at radius 1 is 0.915 bits per heavy atom. The standard InChI is InChI=1S/C40H45N7O10S2/c48-34(24-58-29-8-2-1-3-9-29)41-27-13-15-28(16-14-27)47-37(26-12-17-31-32(22-26)55-25-54-31)44-39(45-47)53-19-7-6-18-52-20-21-56-46-40(51)57-35(49)11-5-4-10-33-36-30(23-59-33)42-38(50)43-36/h1-3,8-9,12-17,22,30,33,36H,4-7,10-11,18-21,23-25H2,(H,41,48)(H,46,51)(H2,42,43,50)/t30?,33-,36?/m0/s1. The highest BCUT2D eigenvalue weighted by Crippen LogP contribution is 2.37. The van der Waals surface area contributed by atoms with Crippen molar-refractivity contribution in [3.63, 3.8) is 0 Å². The van der Waals surface area contributed by atoms with E-state index in [2.05, 4.69) is 31.5 Å². The van der Waals surface area contributed by atoms with Crippen molar-refractivity contribution in [2.45, 2.75) is 60.8 Å². The van der Waals surface area contributed by atoms with E-state index in [1.165, 1.54) is 11.8 Å². The molecule has 4 N–H and O–H groups in total. The summed E-state index contributed by atoms with van der Waals surface area (Å²) in [6.45, 7) is 1.20. The van der Waals surface area contributed by atoms with Gasteiger partial charge in [0, 0.05) is 40.2 Å². The molecule has 59 heavy (non-hydrogen) atoms. The van der Waals surface area contributed by atoms with Gasteiger partial charge in [0.1, 0.15) is 0 Å². The minimum atomic E-state index is -0.978. The molecule has 17 nitrogen and oxygen atoms in total. The predicted octanol–water partition coefficient (Wildman–Crippen LogP) is 5.48. The molecule has 2 unspecified atom stereocenters. The number of carbonyl (C=O) groups excluding carboxylic acids is 4. The number of esters is 1. The van der Waals surface area contributed by atoms with Gasteiger partial charge in [-0.1, -0.05) is 24.6 Å². The molecule has 312 valence electrons. The van der Waals surface area contributed by atoms with Gasteiger partial charge >= 0.3 is 24.1 Å². The lowest BCUT2D eigenvalue weighted by molar-refractivity contribution is -0.138. The Bertz CT molecular complexity index is 2060. The highest BCUT2D eigenvalue weighted by Gasteiger charge is 2.42. The van der Waals surface area contributed by atoms with Crippen LogP contribution in [0.1, 0.15) is 38.5 Å². The number of amides is 4. The molecule has 3 atom stereocenters. The van der Waals surface area contributed by atoms with Crippen molar-refractivity contribution >= 4 is 53.2 Å². The summed E-state index contributed by atoms with van der Waals surface area (Å²) in [7, 11) is 0. The molecular formula is C40H45N7O10S2. The smallest absolute Gasteiger partial charge is 0.439 e. The molecule has 4 heterocycles. The number of aromatic nitrogens is 3. The second kappa shape index (κ2) is 21.0. The number of unbranched alkanes of at least 4 members (excludes halogenated alkanes) is 2. The van der Waals surface area contributed by atoms with Gasteiger partial charge in [0.2, 0.25) is 12.7 Å². The van der Waals surface area contributed by atoms with Crippen molar-refractivity contribution in [1.29, 1.82) is 0 Å². The number of urea groups is 1.